The molecule has 0 saturated carbocycles. The van der Waals surface area contributed by atoms with E-state index in [1.807, 2.05) is 11.9 Å². The highest BCUT2D eigenvalue weighted by atomic mass is 16.5. The lowest BCUT2D eigenvalue weighted by Crippen LogP contribution is -2.42. The maximum Gasteiger partial charge on any atom is 0.343 e. The zero-order chi connectivity index (χ0) is 13.9. The summed E-state index contributed by atoms with van der Waals surface area (Å²) >= 11 is 0. The van der Waals surface area contributed by atoms with Crippen LogP contribution in [0.3, 0.4) is 0 Å². The van der Waals surface area contributed by atoms with Crippen LogP contribution in [0.4, 0.5) is 5.82 Å². The summed E-state index contributed by atoms with van der Waals surface area (Å²) in [7, 11) is 3.29. The summed E-state index contributed by atoms with van der Waals surface area (Å²) < 4.78 is 4.77. The maximum absolute atomic E-state index is 11.7. The van der Waals surface area contributed by atoms with Crippen molar-refractivity contribution in [2.45, 2.75) is 39.7 Å². The van der Waals surface area contributed by atoms with Gasteiger partial charge in [0.2, 0.25) is 0 Å². The van der Waals surface area contributed by atoms with Gasteiger partial charge in [-0.05, 0) is 27.2 Å². The molecule has 1 heterocycles. The molecule has 0 fully saturated rings. The number of hydrogen-bond donors (Lipinski definition) is 0. The van der Waals surface area contributed by atoms with Crippen LogP contribution in [0.15, 0.2) is 6.20 Å². The molecule has 5 nitrogen and oxygen atoms in total. The van der Waals surface area contributed by atoms with Gasteiger partial charge in [0.05, 0.1) is 7.11 Å². The Kier molecular flexibility index (Phi) is 4.27. The monoisotopic (exact) mass is 251 g/mol. The van der Waals surface area contributed by atoms with E-state index in [1.165, 1.54) is 13.3 Å². The Morgan fingerprint density at radius 2 is 2.11 bits per heavy atom. The van der Waals surface area contributed by atoms with Crippen LogP contribution in [-0.4, -0.2) is 35.6 Å². The molecule has 0 aliphatic heterocycles. The minimum atomic E-state index is -0.413. The van der Waals surface area contributed by atoms with Gasteiger partial charge in [-0.1, -0.05) is 6.92 Å². The highest BCUT2D eigenvalue weighted by Crippen LogP contribution is 2.26. The first-order valence-electron chi connectivity index (χ1n) is 5.99. The van der Waals surface area contributed by atoms with Crippen molar-refractivity contribution in [2.24, 2.45) is 0 Å². The Hall–Kier alpha value is -1.65. The second kappa shape index (κ2) is 5.33. The molecule has 18 heavy (non-hydrogen) atoms. The van der Waals surface area contributed by atoms with E-state index in [4.69, 9.17) is 4.74 Å². The first-order chi connectivity index (χ1) is 8.33. The van der Waals surface area contributed by atoms with E-state index in [-0.39, 0.29) is 5.54 Å². The van der Waals surface area contributed by atoms with Gasteiger partial charge in [0.1, 0.15) is 17.2 Å². The molecule has 0 radical (unpaired) electrons. The molecule has 0 bridgehead atoms. The molecule has 1 aromatic rings. The summed E-state index contributed by atoms with van der Waals surface area (Å²) in [5.74, 6) is 0.835. The van der Waals surface area contributed by atoms with Crippen LogP contribution in [0.1, 0.15) is 43.4 Å². The van der Waals surface area contributed by atoms with E-state index < -0.39 is 5.97 Å². The first-order valence-corrected chi connectivity index (χ1v) is 5.99. The van der Waals surface area contributed by atoms with Gasteiger partial charge >= 0.3 is 5.97 Å². The molecule has 5 heteroatoms. The number of aromatic nitrogens is 2. The number of methoxy groups -OCH3 is 1. The summed E-state index contributed by atoms with van der Waals surface area (Å²) in [6, 6.07) is 0. The van der Waals surface area contributed by atoms with Crippen LogP contribution in [0.5, 0.6) is 0 Å². The van der Waals surface area contributed by atoms with E-state index in [1.54, 1.807) is 6.92 Å². The molecular weight excluding hydrogens is 230 g/mol. The topological polar surface area (TPSA) is 55.3 Å². The van der Waals surface area contributed by atoms with Crippen molar-refractivity contribution < 1.29 is 9.53 Å². The Morgan fingerprint density at radius 3 is 2.61 bits per heavy atom. The SMILES string of the molecule is CCC(C)(C)N(C)c1nc(C)ncc1C(=O)OC. The summed E-state index contributed by atoms with van der Waals surface area (Å²) in [6.07, 6.45) is 2.46. The standard InChI is InChI=1S/C13H21N3O2/c1-7-13(3,4)16(5)11-10(12(17)18-6)8-14-9(2)15-11/h8H,7H2,1-6H3. The van der Waals surface area contributed by atoms with E-state index in [2.05, 4.69) is 30.7 Å². The first kappa shape index (κ1) is 14.4. The fraction of sp³-hybridized carbons (Fsp3) is 0.615. The Labute approximate surface area is 108 Å². The van der Waals surface area contributed by atoms with E-state index in [0.29, 0.717) is 17.2 Å². The van der Waals surface area contributed by atoms with Crippen LogP contribution in [-0.2, 0) is 4.74 Å². The Balaban J connectivity index is 3.29. The minimum Gasteiger partial charge on any atom is -0.465 e. The molecule has 1 aromatic heterocycles. The highest BCUT2D eigenvalue weighted by molar-refractivity contribution is 5.94. The Bertz CT molecular complexity index is 444. The quantitative estimate of drug-likeness (QED) is 0.768. The molecule has 0 unspecified atom stereocenters. The van der Waals surface area contributed by atoms with Gasteiger partial charge in [0.15, 0.2) is 0 Å². The number of carbonyl (C=O) groups excluding carboxylic acids is 1. The molecule has 0 aromatic carbocycles. The maximum atomic E-state index is 11.7. The lowest BCUT2D eigenvalue weighted by molar-refractivity contribution is 0.0600. The molecular formula is C13H21N3O2. The van der Waals surface area contributed by atoms with Crippen molar-refractivity contribution >= 4 is 11.8 Å². The third-order valence-corrected chi connectivity index (χ3v) is 3.39. The predicted molar refractivity (Wildman–Crippen MR) is 70.9 cm³/mol. The smallest absolute Gasteiger partial charge is 0.343 e. The number of aryl methyl sites for hydroxylation is 1. The van der Waals surface area contributed by atoms with Gasteiger partial charge in [-0.15, -0.1) is 0 Å². The van der Waals surface area contributed by atoms with Crippen molar-refractivity contribution in [3.8, 4) is 0 Å². The molecule has 1 rings (SSSR count). The fourth-order valence-electron chi connectivity index (χ4n) is 1.49. The van der Waals surface area contributed by atoms with Gasteiger partial charge in [-0.25, -0.2) is 14.8 Å². The van der Waals surface area contributed by atoms with E-state index in [0.717, 1.165) is 6.42 Å². The van der Waals surface area contributed by atoms with Crippen LogP contribution in [0.25, 0.3) is 0 Å². The lowest BCUT2D eigenvalue weighted by atomic mass is 9.99. The lowest BCUT2D eigenvalue weighted by Gasteiger charge is -2.36. The second-order valence-electron chi connectivity index (χ2n) is 4.87. The summed E-state index contributed by atoms with van der Waals surface area (Å²) in [6.45, 7) is 8.11. The minimum absolute atomic E-state index is 0.0937. The molecule has 0 N–H and O–H groups in total. The molecule has 100 valence electrons. The van der Waals surface area contributed by atoms with Gasteiger partial charge in [-0.2, -0.15) is 0 Å². The molecule has 0 aliphatic carbocycles. The number of esters is 1. The van der Waals surface area contributed by atoms with Gasteiger partial charge < -0.3 is 9.64 Å². The zero-order valence-electron chi connectivity index (χ0n) is 11.9. The van der Waals surface area contributed by atoms with Crippen LogP contribution in [0.2, 0.25) is 0 Å². The molecule has 0 saturated heterocycles. The highest BCUT2D eigenvalue weighted by Gasteiger charge is 2.27. The predicted octanol–water partition coefficient (Wildman–Crippen LogP) is 2.20. The van der Waals surface area contributed by atoms with Crippen LogP contribution in [0, 0.1) is 6.92 Å². The fourth-order valence-corrected chi connectivity index (χ4v) is 1.49. The summed E-state index contributed by atoms with van der Waals surface area (Å²) in [5.41, 5.74) is 0.302. The van der Waals surface area contributed by atoms with Gasteiger partial charge in [0.25, 0.3) is 0 Å². The van der Waals surface area contributed by atoms with E-state index >= 15 is 0 Å². The number of anilines is 1. The molecule has 0 aliphatic rings. The number of hydrogen-bond acceptors (Lipinski definition) is 5. The van der Waals surface area contributed by atoms with Crippen molar-refractivity contribution in [1.82, 2.24) is 9.97 Å². The van der Waals surface area contributed by atoms with Crippen molar-refractivity contribution in [1.29, 1.82) is 0 Å². The normalized spacial score (nSPS) is 11.2. The van der Waals surface area contributed by atoms with Gasteiger partial charge in [-0.3, -0.25) is 0 Å². The Morgan fingerprint density at radius 1 is 1.50 bits per heavy atom. The summed E-state index contributed by atoms with van der Waals surface area (Å²) in [5, 5.41) is 0. The largest absolute Gasteiger partial charge is 0.465 e. The van der Waals surface area contributed by atoms with Crippen LogP contribution >= 0.6 is 0 Å². The zero-order valence-corrected chi connectivity index (χ0v) is 11.9. The van der Waals surface area contributed by atoms with E-state index in [9.17, 15) is 4.79 Å². The molecule has 0 atom stereocenters. The van der Waals surface area contributed by atoms with Crippen molar-refractivity contribution in [3.63, 3.8) is 0 Å². The summed E-state index contributed by atoms with van der Waals surface area (Å²) in [4.78, 5) is 22.2. The second-order valence-corrected chi connectivity index (χ2v) is 4.87. The molecule has 0 spiro atoms. The number of nitrogens with zero attached hydrogens (tertiary/aromatic N) is 3. The number of carbonyl (C=O) groups is 1. The number of rotatable bonds is 4. The molecule has 0 amide bonds. The van der Waals surface area contributed by atoms with Crippen LogP contribution < -0.4 is 4.90 Å². The average molecular weight is 251 g/mol. The van der Waals surface area contributed by atoms with Gasteiger partial charge in [0, 0.05) is 18.8 Å². The van der Waals surface area contributed by atoms with Crippen molar-refractivity contribution in [3.05, 3.63) is 17.6 Å². The number of ether oxygens (including phenoxy) is 1. The van der Waals surface area contributed by atoms with Crippen molar-refractivity contribution in [2.75, 3.05) is 19.1 Å². The third-order valence-electron chi connectivity index (χ3n) is 3.39. The average Bonchev–Trinajstić information content (AvgIpc) is 2.36. The third kappa shape index (κ3) is 2.78.